The molecular formula is C18H23N5O2. The van der Waals surface area contributed by atoms with Crippen molar-refractivity contribution in [2.75, 3.05) is 5.32 Å². The van der Waals surface area contributed by atoms with Crippen molar-refractivity contribution >= 4 is 17.5 Å². The van der Waals surface area contributed by atoms with E-state index in [1.165, 1.54) is 6.42 Å². The van der Waals surface area contributed by atoms with Crippen molar-refractivity contribution in [2.45, 2.75) is 45.6 Å². The van der Waals surface area contributed by atoms with Gasteiger partial charge >= 0.3 is 11.8 Å². The number of aromatic amines is 1. The van der Waals surface area contributed by atoms with Gasteiger partial charge in [-0.1, -0.05) is 31.9 Å². The predicted molar refractivity (Wildman–Crippen MR) is 94.7 cm³/mol. The van der Waals surface area contributed by atoms with Crippen LogP contribution in [0.15, 0.2) is 24.3 Å². The van der Waals surface area contributed by atoms with Crippen molar-refractivity contribution in [2.24, 2.45) is 5.92 Å². The van der Waals surface area contributed by atoms with E-state index in [1.807, 2.05) is 13.0 Å². The number of aromatic nitrogens is 3. The highest BCUT2D eigenvalue weighted by Crippen LogP contribution is 2.24. The Bertz CT molecular complexity index is 770. The van der Waals surface area contributed by atoms with Gasteiger partial charge < -0.3 is 10.6 Å². The molecule has 0 bridgehead atoms. The van der Waals surface area contributed by atoms with Crippen molar-refractivity contribution in [1.29, 1.82) is 0 Å². The number of hydrogen-bond donors (Lipinski definition) is 3. The third kappa shape index (κ3) is 4.23. The maximum Gasteiger partial charge on any atom is 0.313 e. The Kier molecular flexibility index (Phi) is 5.11. The molecule has 0 unspecified atom stereocenters. The molecular weight excluding hydrogens is 318 g/mol. The Morgan fingerprint density at radius 1 is 1.20 bits per heavy atom. The van der Waals surface area contributed by atoms with Gasteiger partial charge in [0, 0.05) is 17.3 Å². The molecule has 1 aliphatic rings. The molecule has 1 aromatic heterocycles. The lowest BCUT2D eigenvalue weighted by Gasteiger charge is -2.29. The molecule has 2 amide bonds. The molecule has 0 radical (unpaired) electrons. The minimum atomic E-state index is -0.652. The highest BCUT2D eigenvalue weighted by Gasteiger charge is 2.25. The Morgan fingerprint density at radius 2 is 2.00 bits per heavy atom. The third-order valence-electron chi connectivity index (χ3n) is 4.61. The van der Waals surface area contributed by atoms with Crippen molar-refractivity contribution < 1.29 is 9.59 Å². The highest BCUT2D eigenvalue weighted by molar-refractivity contribution is 6.39. The second kappa shape index (κ2) is 7.46. The van der Waals surface area contributed by atoms with E-state index in [0.717, 1.165) is 24.8 Å². The third-order valence-corrected chi connectivity index (χ3v) is 4.61. The standard InChI is InChI=1S/C18H23N5O2/c1-11-6-3-4-9-15(11)21-18(25)17(24)20-14-8-5-7-13(10-14)16-19-12(2)22-23-16/h5,7-8,10-11,15H,3-4,6,9H2,1-2H3,(H,20,24)(H,21,25)(H,19,22,23)/t11-,15-/m0/s1. The molecule has 25 heavy (non-hydrogen) atoms. The summed E-state index contributed by atoms with van der Waals surface area (Å²) in [6.07, 6.45) is 4.30. The van der Waals surface area contributed by atoms with Crippen LogP contribution in [0.3, 0.4) is 0 Å². The van der Waals surface area contributed by atoms with Crippen LogP contribution in [0.4, 0.5) is 5.69 Å². The molecule has 7 nitrogen and oxygen atoms in total. The number of aryl methyl sites for hydroxylation is 1. The average Bonchev–Trinajstić information content (AvgIpc) is 3.03. The summed E-state index contributed by atoms with van der Waals surface area (Å²) in [5.74, 6) is 0.432. The van der Waals surface area contributed by atoms with Crippen molar-refractivity contribution in [1.82, 2.24) is 20.5 Å². The number of H-pyrrole nitrogens is 1. The Hall–Kier alpha value is -2.70. The first-order valence-corrected chi connectivity index (χ1v) is 8.64. The second-order valence-corrected chi connectivity index (χ2v) is 6.62. The first-order valence-electron chi connectivity index (χ1n) is 8.64. The quantitative estimate of drug-likeness (QED) is 0.746. The molecule has 0 aliphatic heterocycles. The zero-order chi connectivity index (χ0) is 17.8. The largest absolute Gasteiger partial charge is 0.345 e. The fourth-order valence-electron chi connectivity index (χ4n) is 3.16. The summed E-state index contributed by atoms with van der Waals surface area (Å²) < 4.78 is 0. The molecule has 1 fully saturated rings. The van der Waals surface area contributed by atoms with Crippen LogP contribution in [0.1, 0.15) is 38.4 Å². The maximum absolute atomic E-state index is 12.2. The number of anilines is 1. The van der Waals surface area contributed by atoms with Gasteiger partial charge in [-0.25, -0.2) is 4.98 Å². The van der Waals surface area contributed by atoms with Crippen molar-refractivity contribution in [3.63, 3.8) is 0 Å². The molecule has 0 saturated heterocycles. The summed E-state index contributed by atoms with van der Waals surface area (Å²) in [6, 6.07) is 7.20. The topological polar surface area (TPSA) is 99.8 Å². The zero-order valence-corrected chi connectivity index (χ0v) is 14.5. The molecule has 1 aliphatic carbocycles. The van der Waals surface area contributed by atoms with Crippen molar-refractivity contribution in [3.05, 3.63) is 30.1 Å². The van der Waals surface area contributed by atoms with Gasteiger partial charge in [0.15, 0.2) is 5.82 Å². The Morgan fingerprint density at radius 3 is 2.72 bits per heavy atom. The van der Waals surface area contributed by atoms with Gasteiger partial charge in [-0.2, -0.15) is 5.10 Å². The minimum Gasteiger partial charge on any atom is -0.345 e. The van der Waals surface area contributed by atoms with Crippen LogP contribution in [-0.4, -0.2) is 33.0 Å². The second-order valence-electron chi connectivity index (χ2n) is 6.62. The van der Waals surface area contributed by atoms with Gasteiger partial charge in [-0.3, -0.25) is 14.7 Å². The molecule has 2 aromatic rings. The summed E-state index contributed by atoms with van der Waals surface area (Å²) in [4.78, 5) is 28.6. The Balaban J connectivity index is 1.63. The van der Waals surface area contributed by atoms with Crippen LogP contribution in [-0.2, 0) is 9.59 Å². The van der Waals surface area contributed by atoms with E-state index in [9.17, 15) is 9.59 Å². The number of carbonyl (C=O) groups excluding carboxylic acids is 2. The van der Waals surface area contributed by atoms with Crippen LogP contribution in [0.2, 0.25) is 0 Å². The van der Waals surface area contributed by atoms with Crippen LogP contribution in [0, 0.1) is 12.8 Å². The molecule has 1 heterocycles. The highest BCUT2D eigenvalue weighted by atomic mass is 16.2. The molecule has 3 N–H and O–H groups in total. The molecule has 132 valence electrons. The van der Waals surface area contributed by atoms with Gasteiger partial charge in [-0.05, 0) is 37.8 Å². The number of nitrogens with one attached hydrogen (secondary N) is 3. The zero-order valence-electron chi connectivity index (χ0n) is 14.5. The van der Waals surface area contributed by atoms with E-state index in [0.29, 0.717) is 23.3 Å². The number of rotatable bonds is 3. The summed E-state index contributed by atoms with van der Waals surface area (Å²) in [6.45, 7) is 3.93. The summed E-state index contributed by atoms with van der Waals surface area (Å²) in [5, 5.41) is 12.4. The van der Waals surface area contributed by atoms with E-state index in [2.05, 4.69) is 32.7 Å². The van der Waals surface area contributed by atoms with Crippen LogP contribution < -0.4 is 10.6 Å². The summed E-state index contributed by atoms with van der Waals surface area (Å²) >= 11 is 0. The predicted octanol–water partition coefficient (Wildman–Crippen LogP) is 2.41. The number of nitrogens with zero attached hydrogens (tertiary/aromatic N) is 2. The lowest BCUT2D eigenvalue weighted by molar-refractivity contribution is -0.137. The maximum atomic E-state index is 12.2. The SMILES string of the molecule is Cc1nc(-c2cccc(NC(=O)C(=O)N[C@H]3CCCC[C@@H]3C)c2)n[nH]1. The van der Waals surface area contributed by atoms with E-state index in [-0.39, 0.29) is 6.04 Å². The lowest BCUT2D eigenvalue weighted by atomic mass is 9.86. The molecule has 7 heteroatoms. The molecule has 0 spiro atoms. The average molecular weight is 341 g/mol. The summed E-state index contributed by atoms with van der Waals surface area (Å²) in [5.41, 5.74) is 1.31. The van der Waals surface area contributed by atoms with Gasteiger partial charge in [0.05, 0.1) is 0 Å². The molecule has 3 rings (SSSR count). The first-order chi connectivity index (χ1) is 12.0. The van der Waals surface area contributed by atoms with E-state index in [4.69, 9.17) is 0 Å². The number of benzene rings is 1. The van der Waals surface area contributed by atoms with E-state index in [1.54, 1.807) is 18.2 Å². The van der Waals surface area contributed by atoms with Gasteiger partial charge in [0.25, 0.3) is 0 Å². The van der Waals surface area contributed by atoms with Gasteiger partial charge in [-0.15, -0.1) is 0 Å². The smallest absolute Gasteiger partial charge is 0.313 e. The van der Waals surface area contributed by atoms with Gasteiger partial charge in [0.1, 0.15) is 5.82 Å². The fraction of sp³-hybridized carbons (Fsp3) is 0.444. The van der Waals surface area contributed by atoms with Crippen LogP contribution in [0.5, 0.6) is 0 Å². The van der Waals surface area contributed by atoms with E-state index < -0.39 is 11.8 Å². The summed E-state index contributed by atoms with van der Waals surface area (Å²) in [7, 11) is 0. The number of carbonyl (C=O) groups is 2. The van der Waals surface area contributed by atoms with Crippen LogP contribution >= 0.6 is 0 Å². The van der Waals surface area contributed by atoms with Crippen molar-refractivity contribution in [3.8, 4) is 11.4 Å². The minimum absolute atomic E-state index is 0.0783. The first kappa shape index (κ1) is 17.1. The lowest BCUT2D eigenvalue weighted by Crippen LogP contribution is -2.45. The number of amides is 2. The monoisotopic (exact) mass is 341 g/mol. The van der Waals surface area contributed by atoms with Gasteiger partial charge in [0.2, 0.25) is 0 Å². The number of hydrogen-bond acceptors (Lipinski definition) is 4. The Labute approximate surface area is 146 Å². The molecule has 1 saturated carbocycles. The van der Waals surface area contributed by atoms with Crippen LogP contribution in [0.25, 0.3) is 11.4 Å². The van der Waals surface area contributed by atoms with E-state index >= 15 is 0 Å². The molecule has 2 atom stereocenters. The molecule has 1 aromatic carbocycles. The fourth-order valence-corrected chi connectivity index (χ4v) is 3.16. The normalized spacial score (nSPS) is 20.1.